The second-order valence-corrected chi connectivity index (χ2v) is 2.25. The normalized spacial score (nSPS) is 11.1. The lowest BCUT2D eigenvalue weighted by Crippen LogP contribution is -2.18. The molecule has 0 amide bonds. The number of hydrogen-bond donors (Lipinski definition) is 2. The van der Waals surface area contributed by atoms with Crippen LogP contribution in [-0.2, 0) is 0 Å². The van der Waals surface area contributed by atoms with Crippen molar-refractivity contribution >= 4 is 11.8 Å². The maximum Gasteiger partial charge on any atom is 0.574 e. The lowest BCUT2D eigenvalue weighted by Gasteiger charge is -2.08. The van der Waals surface area contributed by atoms with Crippen LogP contribution in [0.1, 0.15) is 0 Å². The van der Waals surface area contributed by atoms with Gasteiger partial charge >= 0.3 is 6.36 Å². The van der Waals surface area contributed by atoms with Crippen LogP contribution in [0.15, 0.2) is 6.07 Å². The molecule has 0 radical (unpaired) electrons. The van der Waals surface area contributed by atoms with E-state index in [1.54, 1.807) is 0 Å². The number of halogens is 3. The highest BCUT2D eigenvalue weighted by Crippen LogP contribution is 2.22. The van der Waals surface area contributed by atoms with Gasteiger partial charge in [-0.3, -0.25) is 0 Å². The van der Waals surface area contributed by atoms with E-state index in [2.05, 4.69) is 20.0 Å². The molecular weight excluding hydrogens is 201 g/mol. The first-order valence-electron chi connectivity index (χ1n) is 3.49. The van der Waals surface area contributed by atoms with Crippen LogP contribution in [0.3, 0.4) is 0 Å². The van der Waals surface area contributed by atoms with E-state index in [1.165, 1.54) is 7.05 Å². The van der Waals surface area contributed by atoms with Crippen molar-refractivity contribution < 1.29 is 17.9 Å². The van der Waals surface area contributed by atoms with Gasteiger partial charge in [0.2, 0.25) is 11.8 Å². The summed E-state index contributed by atoms with van der Waals surface area (Å²) >= 11 is 0. The minimum Gasteiger partial charge on any atom is -0.388 e. The maximum atomic E-state index is 11.8. The molecule has 0 unspecified atom stereocenters. The van der Waals surface area contributed by atoms with E-state index < -0.39 is 12.2 Å². The number of rotatable bonds is 2. The van der Waals surface area contributed by atoms with Gasteiger partial charge in [0.1, 0.15) is 5.82 Å². The number of nitrogens with one attached hydrogen (secondary N) is 1. The Kier molecular flexibility index (Phi) is 2.63. The third kappa shape index (κ3) is 2.96. The molecule has 78 valence electrons. The van der Waals surface area contributed by atoms with Crippen LogP contribution in [0.25, 0.3) is 0 Å². The van der Waals surface area contributed by atoms with Gasteiger partial charge in [-0.05, 0) is 0 Å². The molecule has 1 heterocycles. The Morgan fingerprint density at radius 3 is 2.57 bits per heavy atom. The standard InChI is InChI=1S/C6H7F3N4O/c1-11-3-2-4(13-5(10)12-3)14-6(7,8)9/h2H,1H3,(H3,10,11,12,13). The molecule has 0 saturated carbocycles. The Balaban J connectivity index is 2.92. The van der Waals surface area contributed by atoms with Crippen LogP contribution in [0, 0.1) is 0 Å². The minimum absolute atomic E-state index is 0.150. The Hall–Kier alpha value is -1.73. The van der Waals surface area contributed by atoms with Gasteiger partial charge in [0.05, 0.1) is 0 Å². The van der Waals surface area contributed by atoms with Crippen LogP contribution >= 0.6 is 0 Å². The third-order valence-electron chi connectivity index (χ3n) is 1.20. The minimum atomic E-state index is -4.79. The van der Waals surface area contributed by atoms with Crippen LogP contribution in [0.5, 0.6) is 5.88 Å². The fourth-order valence-electron chi connectivity index (χ4n) is 0.742. The summed E-state index contributed by atoms with van der Waals surface area (Å²) in [6.07, 6.45) is -4.79. The third-order valence-corrected chi connectivity index (χ3v) is 1.20. The fourth-order valence-corrected chi connectivity index (χ4v) is 0.742. The number of hydrogen-bond acceptors (Lipinski definition) is 5. The van der Waals surface area contributed by atoms with Gasteiger partial charge in [-0.15, -0.1) is 13.2 Å². The van der Waals surface area contributed by atoms with Crippen LogP contribution in [0.2, 0.25) is 0 Å². The quantitative estimate of drug-likeness (QED) is 0.758. The van der Waals surface area contributed by atoms with Crippen LogP contribution in [-0.4, -0.2) is 23.4 Å². The highest BCUT2D eigenvalue weighted by Gasteiger charge is 2.32. The molecule has 0 spiro atoms. The van der Waals surface area contributed by atoms with Crippen molar-refractivity contribution in [1.29, 1.82) is 0 Å². The molecule has 0 bridgehead atoms. The van der Waals surface area contributed by atoms with Crippen molar-refractivity contribution in [2.45, 2.75) is 6.36 Å². The van der Waals surface area contributed by atoms with E-state index in [0.717, 1.165) is 6.07 Å². The second-order valence-electron chi connectivity index (χ2n) is 2.25. The molecule has 0 fully saturated rings. The van der Waals surface area contributed by atoms with Crippen molar-refractivity contribution in [3.8, 4) is 5.88 Å². The van der Waals surface area contributed by atoms with E-state index in [0.29, 0.717) is 0 Å². The Labute approximate surface area is 77.1 Å². The zero-order valence-corrected chi connectivity index (χ0v) is 7.09. The summed E-state index contributed by atoms with van der Waals surface area (Å²) in [6.45, 7) is 0. The van der Waals surface area contributed by atoms with Crippen molar-refractivity contribution in [2.24, 2.45) is 0 Å². The molecular formula is C6H7F3N4O. The number of anilines is 2. The number of aromatic nitrogens is 2. The van der Waals surface area contributed by atoms with Gasteiger partial charge in [-0.1, -0.05) is 0 Å². The van der Waals surface area contributed by atoms with Crippen molar-refractivity contribution in [3.05, 3.63) is 6.07 Å². The molecule has 8 heteroatoms. The van der Waals surface area contributed by atoms with E-state index in [-0.39, 0.29) is 11.8 Å². The summed E-state index contributed by atoms with van der Waals surface area (Å²) in [5, 5.41) is 2.52. The Bertz CT molecular complexity index is 327. The first-order chi connectivity index (χ1) is 6.40. The van der Waals surface area contributed by atoms with Crippen LogP contribution < -0.4 is 15.8 Å². The summed E-state index contributed by atoms with van der Waals surface area (Å²) in [4.78, 5) is 6.84. The topological polar surface area (TPSA) is 73.1 Å². The first kappa shape index (κ1) is 10.4. The molecule has 1 aromatic heterocycles. The molecule has 0 saturated heterocycles. The molecule has 0 aliphatic carbocycles. The fraction of sp³-hybridized carbons (Fsp3) is 0.333. The summed E-state index contributed by atoms with van der Waals surface area (Å²) in [7, 11) is 1.49. The van der Waals surface area contributed by atoms with Crippen molar-refractivity contribution in [3.63, 3.8) is 0 Å². The van der Waals surface area contributed by atoms with E-state index in [4.69, 9.17) is 5.73 Å². The SMILES string of the molecule is CNc1cc(OC(F)(F)F)nc(N)n1. The predicted molar refractivity (Wildman–Crippen MR) is 42.7 cm³/mol. The Morgan fingerprint density at radius 1 is 1.43 bits per heavy atom. The summed E-state index contributed by atoms with van der Waals surface area (Å²) in [5.41, 5.74) is 5.14. The second kappa shape index (κ2) is 3.56. The monoisotopic (exact) mass is 208 g/mol. The van der Waals surface area contributed by atoms with Gasteiger partial charge in [-0.2, -0.15) is 9.97 Å². The van der Waals surface area contributed by atoms with Gasteiger partial charge in [0.15, 0.2) is 0 Å². The number of nitrogens with zero attached hydrogens (tertiary/aromatic N) is 2. The van der Waals surface area contributed by atoms with Gasteiger partial charge in [0, 0.05) is 13.1 Å². The highest BCUT2D eigenvalue weighted by atomic mass is 19.4. The summed E-state index contributed by atoms with van der Waals surface area (Å²) in [6, 6.07) is 0.990. The number of alkyl halides is 3. The summed E-state index contributed by atoms with van der Waals surface area (Å²) < 4.78 is 38.8. The highest BCUT2D eigenvalue weighted by molar-refractivity contribution is 5.42. The van der Waals surface area contributed by atoms with Gasteiger partial charge < -0.3 is 15.8 Å². The average Bonchev–Trinajstić information content (AvgIpc) is 1.99. The van der Waals surface area contributed by atoms with Gasteiger partial charge in [0.25, 0.3) is 0 Å². The molecule has 0 aromatic carbocycles. The molecule has 0 atom stereocenters. The molecule has 1 aromatic rings. The van der Waals surface area contributed by atoms with Crippen LogP contribution in [0.4, 0.5) is 24.9 Å². The molecule has 0 aliphatic heterocycles. The average molecular weight is 208 g/mol. The molecule has 5 nitrogen and oxygen atoms in total. The van der Waals surface area contributed by atoms with E-state index in [9.17, 15) is 13.2 Å². The maximum absolute atomic E-state index is 11.8. The van der Waals surface area contributed by atoms with E-state index >= 15 is 0 Å². The molecule has 3 N–H and O–H groups in total. The van der Waals surface area contributed by atoms with Gasteiger partial charge in [-0.25, -0.2) is 0 Å². The first-order valence-corrected chi connectivity index (χ1v) is 3.49. The number of nitrogen functional groups attached to an aromatic ring is 1. The number of nitrogens with two attached hydrogens (primary N) is 1. The Morgan fingerprint density at radius 2 is 2.07 bits per heavy atom. The predicted octanol–water partition coefficient (Wildman–Crippen LogP) is 0.999. The molecule has 14 heavy (non-hydrogen) atoms. The van der Waals surface area contributed by atoms with Crippen molar-refractivity contribution in [2.75, 3.05) is 18.1 Å². The van der Waals surface area contributed by atoms with E-state index in [1.807, 2.05) is 0 Å². The smallest absolute Gasteiger partial charge is 0.388 e. The zero-order valence-electron chi connectivity index (χ0n) is 7.09. The lowest BCUT2D eigenvalue weighted by atomic mass is 10.5. The molecule has 1 rings (SSSR count). The lowest BCUT2D eigenvalue weighted by molar-refractivity contribution is -0.276. The van der Waals surface area contributed by atoms with Crippen molar-refractivity contribution in [1.82, 2.24) is 9.97 Å². The number of ether oxygens (including phenoxy) is 1. The molecule has 0 aliphatic rings. The summed E-state index contributed by atoms with van der Waals surface area (Å²) in [5.74, 6) is -0.790. The zero-order chi connectivity index (χ0) is 10.8. The largest absolute Gasteiger partial charge is 0.574 e.